The van der Waals surface area contributed by atoms with Crippen LogP contribution in [0.25, 0.3) is 0 Å². The zero-order valence-electron chi connectivity index (χ0n) is 14.5. The molecule has 1 heterocycles. The Morgan fingerprint density at radius 1 is 1.14 bits per heavy atom. The van der Waals surface area contributed by atoms with Gasteiger partial charge in [0.1, 0.15) is 18.0 Å². The van der Waals surface area contributed by atoms with Gasteiger partial charge in [-0.1, -0.05) is 20.8 Å². The Balaban J connectivity index is 3.06. The molecule has 1 rings (SSSR count). The summed E-state index contributed by atoms with van der Waals surface area (Å²) in [7, 11) is 4.22. The highest BCUT2D eigenvalue weighted by molar-refractivity contribution is 5.58. The second-order valence-corrected chi connectivity index (χ2v) is 6.05. The van der Waals surface area contributed by atoms with E-state index >= 15 is 0 Å². The number of likely N-dealkylation sites (N-methyl/N-ethyl adjacent to an activating group) is 1. The molecular formula is C16H31N5. The highest BCUT2D eigenvalue weighted by atomic mass is 15.2. The molecule has 0 spiro atoms. The van der Waals surface area contributed by atoms with Gasteiger partial charge in [-0.05, 0) is 33.4 Å². The molecule has 120 valence electrons. The van der Waals surface area contributed by atoms with E-state index in [4.69, 9.17) is 0 Å². The predicted molar refractivity (Wildman–Crippen MR) is 91.2 cm³/mol. The van der Waals surface area contributed by atoms with E-state index in [1.165, 1.54) is 5.56 Å². The molecule has 0 aliphatic heterocycles. The summed E-state index contributed by atoms with van der Waals surface area (Å²) in [6, 6.07) is 0. The Labute approximate surface area is 129 Å². The summed E-state index contributed by atoms with van der Waals surface area (Å²) in [4.78, 5) is 13.6. The van der Waals surface area contributed by atoms with Crippen molar-refractivity contribution in [3.8, 4) is 0 Å². The summed E-state index contributed by atoms with van der Waals surface area (Å²) in [5, 5.41) is 3.35. The first-order valence-corrected chi connectivity index (χ1v) is 7.96. The van der Waals surface area contributed by atoms with Gasteiger partial charge in [-0.25, -0.2) is 9.97 Å². The van der Waals surface area contributed by atoms with E-state index in [-0.39, 0.29) is 0 Å². The SMILES string of the molecule is CCNc1ncnc(N(CCN(C)C)CC(C)C)c1CC. The van der Waals surface area contributed by atoms with Crippen LogP contribution in [-0.4, -0.2) is 55.1 Å². The van der Waals surface area contributed by atoms with Crippen molar-refractivity contribution >= 4 is 11.6 Å². The molecule has 0 radical (unpaired) electrons. The Kier molecular flexibility index (Phi) is 7.43. The normalized spacial score (nSPS) is 11.2. The van der Waals surface area contributed by atoms with E-state index in [1.54, 1.807) is 6.33 Å². The predicted octanol–water partition coefficient (Wildman–Crippen LogP) is 2.49. The summed E-state index contributed by atoms with van der Waals surface area (Å²) in [5.41, 5.74) is 1.22. The monoisotopic (exact) mass is 293 g/mol. The highest BCUT2D eigenvalue weighted by Crippen LogP contribution is 2.24. The fraction of sp³-hybridized carbons (Fsp3) is 0.750. The summed E-state index contributed by atoms with van der Waals surface area (Å²) in [6.45, 7) is 12.7. The lowest BCUT2D eigenvalue weighted by atomic mass is 10.1. The van der Waals surface area contributed by atoms with Crippen molar-refractivity contribution in [1.29, 1.82) is 0 Å². The third-order valence-corrected chi connectivity index (χ3v) is 3.32. The quantitative estimate of drug-likeness (QED) is 0.758. The summed E-state index contributed by atoms with van der Waals surface area (Å²) in [5.74, 6) is 2.66. The third kappa shape index (κ3) is 5.50. The largest absolute Gasteiger partial charge is 0.370 e. The molecule has 1 aromatic heterocycles. The molecular weight excluding hydrogens is 262 g/mol. The second-order valence-electron chi connectivity index (χ2n) is 6.05. The molecule has 0 saturated heterocycles. The van der Waals surface area contributed by atoms with Gasteiger partial charge in [0.2, 0.25) is 0 Å². The molecule has 0 aliphatic carbocycles. The minimum Gasteiger partial charge on any atom is -0.370 e. The smallest absolute Gasteiger partial charge is 0.137 e. The maximum absolute atomic E-state index is 4.58. The van der Waals surface area contributed by atoms with Crippen molar-refractivity contribution in [1.82, 2.24) is 14.9 Å². The first-order valence-electron chi connectivity index (χ1n) is 7.96. The van der Waals surface area contributed by atoms with Crippen molar-refractivity contribution in [2.24, 2.45) is 5.92 Å². The lowest BCUT2D eigenvalue weighted by Gasteiger charge is -2.29. The van der Waals surface area contributed by atoms with Crippen LogP contribution in [0.4, 0.5) is 11.6 Å². The molecule has 5 heteroatoms. The van der Waals surface area contributed by atoms with Crippen LogP contribution in [0.2, 0.25) is 0 Å². The lowest BCUT2D eigenvalue weighted by molar-refractivity contribution is 0.408. The van der Waals surface area contributed by atoms with Crippen molar-refractivity contribution in [3.05, 3.63) is 11.9 Å². The Bertz CT molecular complexity index is 417. The first-order chi connectivity index (χ1) is 9.99. The van der Waals surface area contributed by atoms with Crippen molar-refractivity contribution in [2.75, 3.05) is 50.5 Å². The Morgan fingerprint density at radius 3 is 2.38 bits per heavy atom. The van der Waals surface area contributed by atoms with E-state index in [0.29, 0.717) is 5.92 Å². The minimum absolute atomic E-state index is 0.606. The summed E-state index contributed by atoms with van der Waals surface area (Å²) in [6.07, 6.45) is 2.62. The average molecular weight is 293 g/mol. The van der Waals surface area contributed by atoms with Gasteiger partial charge < -0.3 is 15.1 Å². The molecule has 0 aliphatic rings. The summed E-state index contributed by atoms with van der Waals surface area (Å²) < 4.78 is 0. The Hall–Kier alpha value is -1.36. The van der Waals surface area contributed by atoms with E-state index in [2.05, 4.69) is 66.9 Å². The molecule has 0 amide bonds. The number of hydrogen-bond acceptors (Lipinski definition) is 5. The number of aromatic nitrogens is 2. The van der Waals surface area contributed by atoms with Gasteiger partial charge >= 0.3 is 0 Å². The number of rotatable bonds is 9. The number of anilines is 2. The summed E-state index contributed by atoms with van der Waals surface area (Å²) >= 11 is 0. The lowest BCUT2D eigenvalue weighted by Crippen LogP contribution is -2.35. The van der Waals surface area contributed by atoms with Gasteiger partial charge in [-0.2, -0.15) is 0 Å². The molecule has 0 bridgehead atoms. The molecule has 21 heavy (non-hydrogen) atoms. The Morgan fingerprint density at radius 2 is 1.86 bits per heavy atom. The number of hydrogen-bond donors (Lipinski definition) is 1. The average Bonchev–Trinajstić information content (AvgIpc) is 2.43. The highest BCUT2D eigenvalue weighted by Gasteiger charge is 2.17. The van der Waals surface area contributed by atoms with Gasteiger partial charge in [0.15, 0.2) is 0 Å². The van der Waals surface area contributed by atoms with Crippen LogP contribution in [-0.2, 0) is 6.42 Å². The van der Waals surface area contributed by atoms with E-state index in [9.17, 15) is 0 Å². The van der Waals surface area contributed by atoms with Crippen LogP contribution >= 0.6 is 0 Å². The van der Waals surface area contributed by atoms with E-state index in [1.807, 2.05) is 0 Å². The van der Waals surface area contributed by atoms with E-state index in [0.717, 1.165) is 44.2 Å². The molecule has 0 unspecified atom stereocenters. The topological polar surface area (TPSA) is 44.3 Å². The van der Waals surface area contributed by atoms with Gasteiger partial charge in [-0.3, -0.25) is 0 Å². The molecule has 1 N–H and O–H groups in total. The zero-order valence-corrected chi connectivity index (χ0v) is 14.5. The van der Waals surface area contributed by atoms with Gasteiger partial charge in [-0.15, -0.1) is 0 Å². The second kappa shape index (κ2) is 8.82. The van der Waals surface area contributed by atoms with Crippen molar-refractivity contribution in [3.63, 3.8) is 0 Å². The number of nitrogens with one attached hydrogen (secondary N) is 1. The third-order valence-electron chi connectivity index (χ3n) is 3.32. The van der Waals surface area contributed by atoms with Crippen LogP contribution in [0.15, 0.2) is 6.33 Å². The maximum Gasteiger partial charge on any atom is 0.137 e. The van der Waals surface area contributed by atoms with Crippen molar-refractivity contribution in [2.45, 2.75) is 34.1 Å². The molecule has 0 saturated carbocycles. The molecule has 0 atom stereocenters. The zero-order chi connectivity index (χ0) is 15.8. The fourth-order valence-electron chi connectivity index (χ4n) is 2.37. The van der Waals surface area contributed by atoms with Crippen LogP contribution in [0.1, 0.15) is 33.3 Å². The molecule has 5 nitrogen and oxygen atoms in total. The van der Waals surface area contributed by atoms with Crippen LogP contribution in [0, 0.1) is 5.92 Å². The van der Waals surface area contributed by atoms with E-state index < -0.39 is 0 Å². The number of nitrogens with zero attached hydrogens (tertiary/aromatic N) is 4. The molecule has 0 fully saturated rings. The minimum atomic E-state index is 0.606. The van der Waals surface area contributed by atoms with Crippen LogP contribution < -0.4 is 10.2 Å². The van der Waals surface area contributed by atoms with Gasteiger partial charge in [0.25, 0.3) is 0 Å². The standard InChI is InChI=1S/C16H31N5/c1-7-14-15(17-8-2)18-12-19-16(14)21(11-13(3)4)10-9-20(5)6/h12-13H,7-11H2,1-6H3,(H,17,18,19). The van der Waals surface area contributed by atoms with Gasteiger partial charge in [0.05, 0.1) is 0 Å². The van der Waals surface area contributed by atoms with Crippen LogP contribution in [0.3, 0.4) is 0 Å². The maximum atomic E-state index is 4.58. The van der Waals surface area contributed by atoms with Crippen LogP contribution in [0.5, 0.6) is 0 Å². The molecule has 1 aromatic rings. The fourth-order valence-corrected chi connectivity index (χ4v) is 2.37. The van der Waals surface area contributed by atoms with Gasteiger partial charge in [0, 0.05) is 31.7 Å². The molecule has 0 aromatic carbocycles. The first kappa shape index (κ1) is 17.7. The van der Waals surface area contributed by atoms with Crippen molar-refractivity contribution < 1.29 is 0 Å².